The summed E-state index contributed by atoms with van der Waals surface area (Å²) in [6.07, 6.45) is 0.218. The van der Waals surface area contributed by atoms with Gasteiger partial charge in [-0.05, 0) is 31.0 Å². The number of nitrogens with one attached hydrogen (secondary N) is 1. The fourth-order valence-electron chi connectivity index (χ4n) is 1.50. The lowest BCUT2D eigenvalue weighted by Crippen LogP contribution is -2.30. The smallest absolute Gasteiger partial charge is 0.344 e. The van der Waals surface area contributed by atoms with E-state index >= 15 is 0 Å². The fourth-order valence-corrected chi connectivity index (χ4v) is 1.50. The lowest BCUT2D eigenvalue weighted by Gasteiger charge is -2.10. The zero-order valence-electron chi connectivity index (χ0n) is 12.1. The summed E-state index contributed by atoms with van der Waals surface area (Å²) in [5, 5.41) is 10.8. The van der Waals surface area contributed by atoms with E-state index in [0.717, 1.165) is 11.1 Å². The zero-order valence-corrected chi connectivity index (χ0v) is 12.1. The van der Waals surface area contributed by atoms with Gasteiger partial charge in [-0.2, -0.15) is 5.26 Å². The van der Waals surface area contributed by atoms with E-state index in [1.807, 2.05) is 38.1 Å². The van der Waals surface area contributed by atoms with Gasteiger partial charge in [0.25, 0.3) is 5.91 Å². The summed E-state index contributed by atoms with van der Waals surface area (Å²) >= 11 is 0. The average Bonchev–Trinajstić information content (AvgIpc) is 2.46. The van der Waals surface area contributed by atoms with Crippen molar-refractivity contribution in [2.75, 3.05) is 19.8 Å². The second kappa shape index (κ2) is 8.59. The van der Waals surface area contributed by atoms with Gasteiger partial charge in [-0.15, -0.1) is 0 Å². The Balaban J connectivity index is 2.30. The molecule has 1 rings (SSSR count). The Labute approximate surface area is 123 Å². The minimum atomic E-state index is -0.619. The van der Waals surface area contributed by atoms with Gasteiger partial charge in [0.05, 0.1) is 12.5 Å². The number of benzene rings is 1. The molecule has 0 fully saturated rings. The third-order valence-electron chi connectivity index (χ3n) is 2.61. The molecule has 0 radical (unpaired) electrons. The standard InChI is InChI=1S/C15H18N2O4/c1-11-4-5-12(2)13(8-11)20-10-15(19)21-9-14(18)17-7-3-6-16/h4-5,8H,3,7,9-10H2,1-2H3,(H,17,18). The fraction of sp³-hybridized carbons (Fsp3) is 0.400. The van der Waals surface area contributed by atoms with Crippen molar-refractivity contribution in [3.05, 3.63) is 29.3 Å². The van der Waals surface area contributed by atoms with Crippen molar-refractivity contribution in [1.29, 1.82) is 5.26 Å². The third-order valence-corrected chi connectivity index (χ3v) is 2.61. The maximum absolute atomic E-state index is 11.5. The van der Waals surface area contributed by atoms with Crippen LogP contribution in [0.25, 0.3) is 0 Å². The predicted molar refractivity (Wildman–Crippen MR) is 75.6 cm³/mol. The molecule has 0 aliphatic rings. The van der Waals surface area contributed by atoms with Crippen LogP contribution in [0.15, 0.2) is 18.2 Å². The molecule has 1 aromatic carbocycles. The summed E-state index contributed by atoms with van der Waals surface area (Å²) in [4.78, 5) is 22.7. The minimum absolute atomic E-state index is 0.218. The zero-order chi connectivity index (χ0) is 15.7. The van der Waals surface area contributed by atoms with E-state index in [1.165, 1.54) is 0 Å². The van der Waals surface area contributed by atoms with E-state index in [4.69, 9.17) is 14.7 Å². The van der Waals surface area contributed by atoms with Crippen LogP contribution < -0.4 is 10.1 Å². The molecule has 0 saturated heterocycles. The first-order chi connectivity index (χ1) is 10.0. The number of nitrogens with zero attached hydrogens (tertiary/aromatic N) is 1. The second-order valence-electron chi connectivity index (χ2n) is 4.48. The van der Waals surface area contributed by atoms with Crippen molar-refractivity contribution in [3.63, 3.8) is 0 Å². The minimum Gasteiger partial charge on any atom is -0.482 e. The van der Waals surface area contributed by atoms with Crippen molar-refractivity contribution < 1.29 is 19.1 Å². The number of aryl methyl sites for hydroxylation is 2. The van der Waals surface area contributed by atoms with Gasteiger partial charge in [0.2, 0.25) is 0 Å². The number of hydrogen-bond donors (Lipinski definition) is 1. The Kier molecular flexibility index (Phi) is 6.75. The number of amides is 1. The summed E-state index contributed by atoms with van der Waals surface area (Å²) in [6.45, 7) is 3.42. The molecule has 0 saturated carbocycles. The summed E-state index contributed by atoms with van der Waals surface area (Å²) in [5.41, 5.74) is 1.95. The second-order valence-corrected chi connectivity index (χ2v) is 4.48. The van der Waals surface area contributed by atoms with Crippen LogP contribution in [0.2, 0.25) is 0 Å². The van der Waals surface area contributed by atoms with E-state index in [9.17, 15) is 9.59 Å². The molecule has 0 unspecified atom stereocenters. The van der Waals surface area contributed by atoms with Crippen LogP contribution in [0.1, 0.15) is 17.5 Å². The van der Waals surface area contributed by atoms with Gasteiger partial charge >= 0.3 is 5.97 Å². The van der Waals surface area contributed by atoms with Crippen LogP contribution >= 0.6 is 0 Å². The Morgan fingerprint density at radius 2 is 2.05 bits per heavy atom. The molecule has 1 amide bonds. The molecular weight excluding hydrogens is 272 g/mol. The highest BCUT2D eigenvalue weighted by atomic mass is 16.6. The highest BCUT2D eigenvalue weighted by Gasteiger charge is 2.09. The van der Waals surface area contributed by atoms with Gasteiger partial charge in [-0.1, -0.05) is 12.1 Å². The summed E-state index contributed by atoms with van der Waals surface area (Å²) in [7, 11) is 0. The van der Waals surface area contributed by atoms with Gasteiger partial charge in [-0.3, -0.25) is 4.79 Å². The summed E-state index contributed by atoms with van der Waals surface area (Å²) < 4.78 is 10.1. The number of nitriles is 1. The van der Waals surface area contributed by atoms with Crippen molar-refractivity contribution in [2.24, 2.45) is 0 Å². The van der Waals surface area contributed by atoms with Crippen molar-refractivity contribution in [2.45, 2.75) is 20.3 Å². The number of ether oxygens (including phenoxy) is 2. The molecule has 1 aromatic rings. The topological polar surface area (TPSA) is 88.4 Å². The number of carbonyl (C=O) groups excluding carboxylic acids is 2. The van der Waals surface area contributed by atoms with Crippen LogP contribution in [0.4, 0.5) is 0 Å². The van der Waals surface area contributed by atoms with Crippen LogP contribution in [0, 0.1) is 25.2 Å². The SMILES string of the molecule is Cc1ccc(C)c(OCC(=O)OCC(=O)NCCC#N)c1. The predicted octanol–water partition coefficient (Wildman–Crippen LogP) is 1.26. The molecule has 1 N–H and O–H groups in total. The van der Waals surface area contributed by atoms with Crippen LogP contribution in [-0.2, 0) is 14.3 Å². The lowest BCUT2D eigenvalue weighted by molar-refractivity contribution is -0.150. The maximum Gasteiger partial charge on any atom is 0.344 e. The molecule has 0 aliphatic carbocycles. The molecule has 6 nitrogen and oxygen atoms in total. The first-order valence-electron chi connectivity index (χ1n) is 6.52. The van der Waals surface area contributed by atoms with Crippen molar-refractivity contribution in [3.8, 4) is 11.8 Å². The van der Waals surface area contributed by atoms with E-state index < -0.39 is 11.9 Å². The normalized spacial score (nSPS) is 9.57. The summed E-state index contributed by atoms with van der Waals surface area (Å²) in [6, 6.07) is 7.58. The van der Waals surface area contributed by atoms with Crippen LogP contribution in [0.3, 0.4) is 0 Å². The molecule has 21 heavy (non-hydrogen) atoms. The first kappa shape index (κ1) is 16.5. The molecule has 0 bridgehead atoms. The molecule has 6 heteroatoms. The van der Waals surface area contributed by atoms with Gasteiger partial charge in [0.1, 0.15) is 5.75 Å². The highest BCUT2D eigenvalue weighted by Crippen LogP contribution is 2.18. The van der Waals surface area contributed by atoms with E-state index in [1.54, 1.807) is 0 Å². The Morgan fingerprint density at radius 3 is 2.76 bits per heavy atom. The Bertz CT molecular complexity index is 549. The summed E-state index contributed by atoms with van der Waals surface area (Å²) in [5.74, 6) is -0.443. The van der Waals surface area contributed by atoms with E-state index in [-0.39, 0.29) is 26.2 Å². The lowest BCUT2D eigenvalue weighted by atomic mass is 10.1. The Morgan fingerprint density at radius 1 is 1.29 bits per heavy atom. The average molecular weight is 290 g/mol. The number of carbonyl (C=O) groups is 2. The third kappa shape index (κ3) is 6.43. The molecule has 0 spiro atoms. The maximum atomic E-state index is 11.5. The molecule has 0 heterocycles. The molecule has 0 aromatic heterocycles. The Hall–Kier alpha value is -2.55. The van der Waals surface area contributed by atoms with Crippen LogP contribution in [-0.4, -0.2) is 31.6 Å². The quantitative estimate of drug-likeness (QED) is 0.603. The van der Waals surface area contributed by atoms with Gasteiger partial charge in [-0.25, -0.2) is 4.79 Å². The van der Waals surface area contributed by atoms with Gasteiger partial charge < -0.3 is 14.8 Å². The number of rotatable bonds is 7. The van der Waals surface area contributed by atoms with Crippen LogP contribution in [0.5, 0.6) is 5.75 Å². The molecule has 0 aliphatic heterocycles. The van der Waals surface area contributed by atoms with E-state index in [2.05, 4.69) is 5.32 Å². The molecule has 112 valence electrons. The largest absolute Gasteiger partial charge is 0.482 e. The van der Waals surface area contributed by atoms with E-state index in [0.29, 0.717) is 5.75 Å². The number of esters is 1. The van der Waals surface area contributed by atoms with Gasteiger partial charge in [0, 0.05) is 6.54 Å². The van der Waals surface area contributed by atoms with Gasteiger partial charge in [0.15, 0.2) is 13.2 Å². The molecule has 0 atom stereocenters. The van der Waals surface area contributed by atoms with Crippen molar-refractivity contribution >= 4 is 11.9 Å². The molecular formula is C15H18N2O4. The highest BCUT2D eigenvalue weighted by molar-refractivity contribution is 5.80. The van der Waals surface area contributed by atoms with Crippen molar-refractivity contribution in [1.82, 2.24) is 5.32 Å². The monoisotopic (exact) mass is 290 g/mol. The number of hydrogen-bond acceptors (Lipinski definition) is 5. The first-order valence-corrected chi connectivity index (χ1v) is 6.52.